The average Bonchev–Trinajstić information content (AvgIpc) is 2.71. The molecule has 0 radical (unpaired) electrons. The van der Waals surface area contributed by atoms with Crippen molar-refractivity contribution in [2.24, 2.45) is 0 Å². The Kier molecular flexibility index (Phi) is 6.36. The zero-order chi connectivity index (χ0) is 19.9. The molecule has 1 fully saturated rings. The number of benzene rings is 1. The van der Waals surface area contributed by atoms with E-state index >= 15 is 0 Å². The van der Waals surface area contributed by atoms with Crippen LogP contribution in [0.25, 0.3) is 0 Å². The second-order valence-electron chi connectivity index (χ2n) is 6.70. The van der Waals surface area contributed by atoms with Crippen molar-refractivity contribution in [3.63, 3.8) is 0 Å². The van der Waals surface area contributed by atoms with E-state index in [9.17, 15) is 14.9 Å². The number of nitro benzene ring substituents is 1. The van der Waals surface area contributed by atoms with E-state index in [4.69, 9.17) is 0 Å². The van der Waals surface area contributed by atoms with Crippen molar-refractivity contribution in [2.45, 2.75) is 26.2 Å². The quantitative estimate of drug-likeness (QED) is 0.428. The van der Waals surface area contributed by atoms with Crippen molar-refractivity contribution in [1.29, 1.82) is 0 Å². The molecule has 0 spiro atoms. The number of piperidine rings is 1. The summed E-state index contributed by atoms with van der Waals surface area (Å²) in [6.07, 6.45) is 3.60. The molecule has 1 aromatic carbocycles. The minimum atomic E-state index is -0.560. The van der Waals surface area contributed by atoms with Crippen LogP contribution in [-0.2, 0) is 0 Å². The van der Waals surface area contributed by atoms with E-state index < -0.39 is 10.8 Å². The highest BCUT2D eigenvalue weighted by atomic mass is 16.6. The molecule has 1 aliphatic rings. The minimum Gasteiger partial charge on any atom is -0.356 e. The van der Waals surface area contributed by atoms with E-state index in [1.807, 2.05) is 13.0 Å². The Morgan fingerprint density at radius 1 is 1.18 bits per heavy atom. The van der Waals surface area contributed by atoms with Crippen LogP contribution >= 0.6 is 0 Å². The van der Waals surface area contributed by atoms with Gasteiger partial charge in [0.05, 0.1) is 4.92 Å². The van der Waals surface area contributed by atoms with E-state index in [0.717, 1.165) is 24.6 Å². The van der Waals surface area contributed by atoms with E-state index in [1.54, 1.807) is 6.07 Å². The first-order valence-corrected chi connectivity index (χ1v) is 9.41. The van der Waals surface area contributed by atoms with Gasteiger partial charge in [-0.15, -0.1) is 0 Å². The molecule has 0 aliphatic carbocycles. The molecular weight excluding hydrogens is 360 g/mol. The second kappa shape index (κ2) is 9.12. The summed E-state index contributed by atoms with van der Waals surface area (Å²) in [5, 5.41) is 16.8. The highest BCUT2D eigenvalue weighted by Gasteiger charge is 2.18. The van der Waals surface area contributed by atoms with Gasteiger partial charge in [-0.1, -0.05) is 12.1 Å². The molecule has 148 valence electrons. The Bertz CT molecular complexity index is 851. The Morgan fingerprint density at radius 3 is 2.68 bits per heavy atom. The van der Waals surface area contributed by atoms with Gasteiger partial charge in [-0.3, -0.25) is 14.9 Å². The molecule has 0 bridgehead atoms. The first kappa shape index (κ1) is 19.5. The van der Waals surface area contributed by atoms with Crippen LogP contribution in [0.2, 0.25) is 0 Å². The van der Waals surface area contributed by atoms with Gasteiger partial charge in [0, 0.05) is 44.0 Å². The number of hydrogen-bond acceptors (Lipinski definition) is 7. The SMILES string of the molecule is Cc1cc(N2CCCCC2)nc(NCCNC(=O)c2ccccc2[N+](=O)[O-])n1. The molecule has 28 heavy (non-hydrogen) atoms. The molecule has 1 saturated heterocycles. The highest BCUT2D eigenvalue weighted by Crippen LogP contribution is 2.20. The van der Waals surface area contributed by atoms with Crippen LogP contribution in [-0.4, -0.2) is 47.0 Å². The summed E-state index contributed by atoms with van der Waals surface area (Å²) in [6, 6.07) is 7.87. The molecule has 2 heterocycles. The van der Waals surface area contributed by atoms with Gasteiger partial charge >= 0.3 is 0 Å². The standard InChI is InChI=1S/C19H24N6O3/c1-14-13-17(24-11-5-2-6-12-24)23-19(22-14)21-10-9-20-18(26)15-7-3-4-8-16(15)25(27)28/h3-4,7-8,13H,2,5-6,9-12H2,1H3,(H,20,26)(H,21,22,23). The number of hydrogen-bond donors (Lipinski definition) is 2. The van der Waals surface area contributed by atoms with Crippen molar-refractivity contribution in [2.75, 3.05) is 36.4 Å². The van der Waals surface area contributed by atoms with Gasteiger partial charge in [-0.25, -0.2) is 4.98 Å². The molecule has 9 nitrogen and oxygen atoms in total. The number of rotatable bonds is 7. The first-order valence-electron chi connectivity index (χ1n) is 9.41. The summed E-state index contributed by atoms with van der Waals surface area (Å²) in [7, 11) is 0. The minimum absolute atomic E-state index is 0.0479. The molecule has 0 saturated carbocycles. The number of nitrogens with zero attached hydrogens (tertiary/aromatic N) is 4. The predicted molar refractivity (Wildman–Crippen MR) is 107 cm³/mol. The second-order valence-corrected chi connectivity index (χ2v) is 6.70. The number of carbonyl (C=O) groups is 1. The molecule has 0 atom stereocenters. The Labute approximate surface area is 163 Å². The summed E-state index contributed by atoms with van der Waals surface area (Å²) < 4.78 is 0. The number of para-hydroxylation sites is 1. The fraction of sp³-hybridized carbons (Fsp3) is 0.421. The van der Waals surface area contributed by atoms with Crippen LogP contribution in [0.5, 0.6) is 0 Å². The summed E-state index contributed by atoms with van der Waals surface area (Å²) in [5.41, 5.74) is 0.717. The third kappa shape index (κ3) is 4.93. The van der Waals surface area contributed by atoms with E-state index in [1.165, 1.54) is 37.5 Å². The van der Waals surface area contributed by atoms with Crippen LogP contribution in [0.1, 0.15) is 35.3 Å². The zero-order valence-corrected chi connectivity index (χ0v) is 15.9. The maximum absolute atomic E-state index is 12.2. The third-order valence-corrected chi connectivity index (χ3v) is 4.56. The number of aryl methyl sites for hydroxylation is 1. The van der Waals surface area contributed by atoms with Crippen molar-refractivity contribution >= 4 is 23.4 Å². The number of aromatic nitrogens is 2. The Balaban J connectivity index is 1.55. The molecule has 1 aromatic heterocycles. The normalized spacial score (nSPS) is 13.8. The molecule has 1 aliphatic heterocycles. The van der Waals surface area contributed by atoms with Gasteiger partial charge in [-0.05, 0) is 32.3 Å². The van der Waals surface area contributed by atoms with Crippen LogP contribution in [0, 0.1) is 17.0 Å². The number of amides is 1. The van der Waals surface area contributed by atoms with E-state index in [0.29, 0.717) is 19.0 Å². The highest BCUT2D eigenvalue weighted by molar-refractivity contribution is 5.98. The molecule has 2 N–H and O–H groups in total. The van der Waals surface area contributed by atoms with Crippen LogP contribution in [0.15, 0.2) is 30.3 Å². The lowest BCUT2D eigenvalue weighted by atomic mass is 10.1. The van der Waals surface area contributed by atoms with Crippen molar-refractivity contribution in [3.05, 3.63) is 51.7 Å². The fourth-order valence-corrected chi connectivity index (χ4v) is 3.19. The summed E-state index contributed by atoms with van der Waals surface area (Å²) in [4.78, 5) is 33.9. The molecule has 1 amide bonds. The lowest BCUT2D eigenvalue weighted by Gasteiger charge is -2.28. The van der Waals surface area contributed by atoms with Crippen molar-refractivity contribution in [1.82, 2.24) is 15.3 Å². The predicted octanol–water partition coefficient (Wildman–Crippen LogP) is 2.53. The number of carbonyl (C=O) groups excluding carboxylic acids is 1. The lowest BCUT2D eigenvalue weighted by Crippen LogP contribution is -2.31. The van der Waals surface area contributed by atoms with Gasteiger partial charge < -0.3 is 15.5 Å². The number of nitro groups is 1. The lowest BCUT2D eigenvalue weighted by molar-refractivity contribution is -0.385. The van der Waals surface area contributed by atoms with Gasteiger partial charge in [0.2, 0.25) is 5.95 Å². The molecule has 9 heteroatoms. The maximum atomic E-state index is 12.2. The first-order chi connectivity index (χ1) is 13.5. The average molecular weight is 384 g/mol. The Morgan fingerprint density at radius 2 is 1.93 bits per heavy atom. The summed E-state index contributed by atoms with van der Waals surface area (Å²) in [6.45, 7) is 4.64. The maximum Gasteiger partial charge on any atom is 0.282 e. The summed E-state index contributed by atoms with van der Waals surface area (Å²) in [5.74, 6) is 0.951. The largest absolute Gasteiger partial charge is 0.356 e. The number of nitrogens with one attached hydrogen (secondary N) is 2. The monoisotopic (exact) mass is 384 g/mol. The van der Waals surface area contributed by atoms with Gasteiger partial charge in [0.1, 0.15) is 11.4 Å². The molecule has 0 unspecified atom stereocenters. The number of anilines is 2. The van der Waals surface area contributed by atoms with Gasteiger partial charge in [-0.2, -0.15) is 4.98 Å². The van der Waals surface area contributed by atoms with Crippen LogP contribution in [0.4, 0.5) is 17.5 Å². The summed E-state index contributed by atoms with van der Waals surface area (Å²) >= 11 is 0. The van der Waals surface area contributed by atoms with Crippen molar-refractivity contribution in [3.8, 4) is 0 Å². The van der Waals surface area contributed by atoms with Gasteiger partial charge in [0.25, 0.3) is 11.6 Å². The van der Waals surface area contributed by atoms with Crippen LogP contribution < -0.4 is 15.5 Å². The fourth-order valence-electron chi connectivity index (χ4n) is 3.19. The van der Waals surface area contributed by atoms with Crippen LogP contribution in [0.3, 0.4) is 0 Å². The molecule has 2 aromatic rings. The third-order valence-electron chi connectivity index (χ3n) is 4.56. The van der Waals surface area contributed by atoms with E-state index in [-0.39, 0.29) is 11.3 Å². The van der Waals surface area contributed by atoms with E-state index in [2.05, 4.69) is 25.5 Å². The molecule has 3 rings (SSSR count). The topological polar surface area (TPSA) is 113 Å². The van der Waals surface area contributed by atoms with Crippen molar-refractivity contribution < 1.29 is 9.72 Å². The zero-order valence-electron chi connectivity index (χ0n) is 15.9. The van der Waals surface area contributed by atoms with Gasteiger partial charge in [0.15, 0.2) is 0 Å². The smallest absolute Gasteiger partial charge is 0.282 e. The molecular formula is C19H24N6O3. The Hall–Kier alpha value is -3.23.